The summed E-state index contributed by atoms with van der Waals surface area (Å²) >= 11 is 5.94. The average Bonchev–Trinajstić information content (AvgIpc) is 2.40. The van der Waals surface area contributed by atoms with Gasteiger partial charge >= 0.3 is 0 Å². The normalized spacial score (nSPS) is 10.8. The molecule has 1 N–H and O–H groups in total. The van der Waals surface area contributed by atoms with Gasteiger partial charge in [-0.15, -0.1) is 0 Å². The van der Waals surface area contributed by atoms with Crippen molar-refractivity contribution in [2.75, 3.05) is 0 Å². The lowest BCUT2D eigenvalue weighted by Gasteiger charge is -2.11. The highest BCUT2D eigenvalue weighted by Gasteiger charge is 2.04. The van der Waals surface area contributed by atoms with Crippen LogP contribution in [-0.2, 0) is 6.54 Å². The second-order valence-corrected chi connectivity index (χ2v) is 5.49. The maximum atomic E-state index is 5.94. The number of aromatic nitrogens is 1. The predicted octanol–water partition coefficient (Wildman–Crippen LogP) is 4.33. The van der Waals surface area contributed by atoms with Crippen molar-refractivity contribution in [1.29, 1.82) is 0 Å². The maximum Gasteiger partial charge on any atom is 0.219 e. The molecule has 0 atom stereocenters. The first-order valence-corrected chi connectivity index (χ1v) is 7.04. The fourth-order valence-corrected chi connectivity index (χ4v) is 2.00. The summed E-state index contributed by atoms with van der Waals surface area (Å²) in [5.41, 5.74) is 2.14. The van der Waals surface area contributed by atoms with E-state index in [-0.39, 0.29) is 0 Å². The van der Waals surface area contributed by atoms with Gasteiger partial charge in [-0.1, -0.05) is 25.4 Å². The molecule has 4 heteroatoms. The minimum absolute atomic E-state index is 0.450. The van der Waals surface area contributed by atoms with Crippen LogP contribution in [0.5, 0.6) is 11.6 Å². The van der Waals surface area contributed by atoms with E-state index in [1.165, 1.54) is 0 Å². The number of aryl methyl sites for hydroxylation is 1. The molecule has 1 aromatic carbocycles. The summed E-state index contributed by atoms with van der Waals surface area (Å²) < 4.78 is 5.81. The molecule has 106 valence electrons. The van der Waals surface area contributed by atoms with E-state index < -0.39 is 0 Å². The highest BCUT2D eigenvalue weighted by Crippen LogP contribution is 2.26. The molecule has 0 amide bonds. The van der Waals surface area contributed by atoms with Crippen LogP contribution in [0.15, 0.2) is 36.5 Å². The smallest absolute Gasteiger partial charge is 0.219 e. The van der Waals surface area contributed by atoms with E-state index in [9.17, 15) is 0 Å². The standard InChI is InChI=1S/C16H19ClN2O/c1-11(2)19-10-13-6-7-18-16(9-13)20-15-5-4-14(17)8-12(15)3/h4-9,11,19H,10H2,1-3H3. The number of rotatable bonds is 5. The summed E-state index contributed by atoms with van der Waals surface area (Å²) in [6, 6.07) is 9.93. The van der Waals surface area contributed by atoms with Crippen LogP contribution >= 0.6 is 11.6 Å². The predicted molar refractivity (Wildman–Crippen MR) is 82.5 cm³/mol. The van der Waals surface area contributed by atoms with Gasteiger partial charge in [-0.05, 0) is 42.3 Å². The van der Waals surface area contributed by atoms with E-state index in [0.29, 0.717) is 16.9 Å². The van der Waals surface area contributed by atoms with Crippen LogP contribution in [0.3, 0.4) is 0 Å². The minimum atomic E-state index is 0.450. The summed E-state index contributed by atoms with van der Waals surface area (Å²) in [7, 11) is 0. The van der Waals surface area contributed by atoms with Gasteiger partial charge in [-0.2, -0.15) is 0 Å². The maximum absolute atomic E-state index is 5.94. The molecule has 0 aliphatic rings. The van der Waals surface area contributed by atoms with Crippen LogP contribution < -0.4 is 10.1 Å². The SMILES string of the molecule is Cc1cc(Cl)ccc1Oc1cc(CNC(C)C)ccn1. The van der Waals surface area contributed by atoms with Crippen molar-refractivity contribution in [3.05, 3.63) is 52.7 Å². The quantitative estimate of drug-likeness (QED) is 0.890. The third-order valence-electron chi connectivity index (χ3n) is 2.87. The Kier molecular flexibility index (Phi) is 4.99. The van der Waals surface area contributed by atoms with Crippen LogP contribution in [0, 0.1) is 6.92 Å². The highest BCUT2D eigenvalue weighted by atomic mass is 35.5. The number of nitrogens with one attached hydrogen (secondary N) is 1. The molecule has 0 spiro atoms. The first kappa shape index (κ1) is 14.8. The Labute approximate surface area is 124 Å². The number of pyridine rings is 1. The largest absolute Gasteiger partial charge is 0.439 e. The van der Waals surface area contributed by atoms with E-state index in [0.717, 1.165) is 23.4 Å². The van der Waals surface area contributed by atoms with E-state index in [1.54, 1.807) is 6.20 Å². The summed E-state index contributed by atoms with van der Waals surface area (Å²) in [6.07, 6.45) is 1.76. The fourth-order valence-electron chi connectivity index (χ4n) is 1.78. The van der Waals surface area contributed by atoms with Crippen molar-refractivity contribution >= 4 is 11.6 Å². The molecule has 2 aromatic rings. The van der Waals surface area contributed by atoms with Gasteiger partial charge in [0.25, 0.3) is 0 Å². The van der Waals surface area contributed by atoms with Crippen molar-refractivity contribution in [2.45, 2.75) is 33.4 Å². The number of benzene rings is 1. The summed E-state index contributed by atoms with van der Waals surface area (Å²) in [6.45, 7) is 7.01. The molecule has 0 saturated heterocycles. The van der Waals surface area contributed by atoms with Gasteiger partial charge in [0.1, 0.15) is 5.75 Å². The van der Waals surface area contributed by atoms with Gasteiger partial charge in [0.2, 0.25) is 5.88 Å². The molecule has 0 saturated carbocycles. The molecular formula is C16H19ClN2O. The zero-order valence-corrected chi connectivity index (χ0v) is 12.7. The molecule has 3 nitrogen and oxygen atoms in total. The molecule has 0 radical (unpaired) electrons. The number of hydrogen-bond acceptors (Lipinski definition) is 3. The Balaban J connectivity index is 2.11. The molecule has 1 heterocycles. The summed E-state index contributed by atoms with van der Waals surface area (Å²) in [5, 5.41) is 4.08. The first-order chi connectivity index (χ1) is 9.54. The van der Waals surface area contributed by atoms with Crippen molar-refractivity contribution in [1.82, 2.24) is 10.3 Å². The van der Waals surface area contributed by atoms with Gasteiger partial charge in [0.05, 0.1) is 0 Å². The lowest BCUT2D eigenvalue weighted by molar-refractivity contribution is 0.458. The molecule has 0 fully saturated rings. The van der Waals surface area contributed by atoms with E-state index in [4.69, 9.17) is 16.3 Å². The van der Waals surface area contributed by atoms with E-state index in [1.807, 2.05) is 37.3 Å². The topological polar surface area (TPSA) is 34.1 Å². The van der Waals surface area contributed by atoms with E-state index in [2.05, 4.69) is 24.1 Å². The third kappa shape index (κ3) is 4.22. The van der Waals surface area contributed by atoms with Gasteiger partial charge in [0.15, 0.2) is 0 Å². The van der Waals surface area contributed by atoms with Gasteiger partial charge in [-0.25, -0.2) is 4.98 Å². The Morgan fingerprint density at radius 3 is 2.75 bits per heavy atom. The fraction of sp³-hybridized carbons (Fsp3) is 0.312. The summed E-state index contributed by atoms with van der Waals surface area (Å²) in [4.78, 5) is 4.24. The van der Waals surface area contributed by atoms with Gasteiger partial charge in [-0.3, -0.25) is 0 Å². The molecule has 0 unspecified atom stereocenters. The molecule has 20 heavy (non-hydrogen) atoms. The third-order valence-corrected chi connectivity index (χ3v) is 3.10. The monoisotopic (exact) mass is 290 g/mol. The van der Waals surface area contributed by atoms with Crippen molar-refractivity contribution < 1.29 is 4.74 Å². The van der Waals surface area contributed by atoms with Gasteiger partial charge in [0, 0.05) is 29.9 Å². The number of hydrogen-bond donors (Lipinski definition) is 1. The Hall–Kier alpha value is -1.58. The van der Waals surface area contributed by atoms with E-state index >= 15 is 0 Å². The zero-order valence-electron chi connectivity index (χ0n) is 12.0. The van der Waals surface area contributed by atoms with Crippen molar-refractivity contribution in [3.63, 3.8) is 0 Å². The first-order valence-electron chi connectivity index (χ1n) is 6.67. The highest BCUT2D eigenvalue weighted by molar-refractivity contribution is 6.30. The number of ether oxygens (including phenoxy) is 1. The lowest BCUT2D eigenvalue weighted by atomic mass is 10.2. The van der Waals surface area contributed by atoms with Crippen LogP contribution in [0.1, 0.15) is 25.0 Å². The molecule has 0 bridgehead atoms. The minimum Gasteiger partial charge on any atom is -0.439 e. The van der Waals surface area contributed by atoms with Crippen molar-refractivity contribution in [3.8, 4) is 11.6 Å². The van der Waals surface area contributed by atoms with Crippen LogP contribution in [0.4, 0.5) is 0 Å². The van der Waals surface area contributed by atoms with Crippen molar-refractivity contribution in [2.24, 2.45) is 0 Å². The second kappa shape index (κ2) is 6.73. The summed E-state index contributed by atoms with van der Waals surface area (Å²) in [5.74, 6) is 1.37. The molecule has 0 aliphatic carbocycles. The zero-order chi connectivity index (χ0) is 14.5. The Morgan fingerprint density at radius 1 is 1.25 bits per heavy atom. The molecule has 2 rings (SSSR count). The van der Waals surface area contributed by atoms with Gasteiger partial charge < -0.3 is 10.1 Å². The Bertz CT molecular complexity index is 584. The number of nitrogens with zero attached hydrogens (tertiary/aromatic N) is 1. The number of halogens is 1. The molecular weight excluding hydrogens is 272 g/mol. The Morgan fingerprint density at radius 2 is 2.05 bits per heavy atom. The lowest BCUT2D eigenvalue weighted by Crippen LogP contribution is -2.21. The molecule has 0 aliphatic heterocycles. The average molecular weight is 291 g/mol. The molecule has 1 aromatic heterocycles. The van der Waals surface area contributed by atoms with Crippen LogP contribution in [0.2, 0.25) is 5.02 Å². The second-order valence-electron chi connectivity index (χ2n) is 5.05. The van der Waals surface area contributed by atoms with Crippen LogP contribution in [-0.4, -0.2) is 11.0 Å². The van der Waals surface area contributed by atoms with Crippen LogP contribution in [0.25, 0.3) is 0 Å².